The van der Waals surface area contributed by atoms with Crippen molar-refractivity contribution in [2.45, 2.75) is 37.2 Å². The molecule has 8 nitrogen and oxygen atoms in total. The summed E-state index contributed by atoms with van der Waals surface area (Å²) in [6, 6.07) is 23.8. The number of nitrogens with zero attached hydrogens (tertiary/aromatic N) is 2. The average Bonchev–Trinajstić information content (AvgIpc) is 3.25. The number of benzene rings is 3. The van der Waals surface area contributed by atoms with Crippen LogP contribution in [0.2, 0.25) is 0 Å². The third kappa shape index (κ3) is 2.46. The van der Waals surface area contributed by atoms with Crippen molar-refractivity contribution in [3.8, 4) is 0 Å². The summed E-state index contributed by atoms with van der Waals surface area (Å²) in [5.74, 6) is -0.357. The molecule has 3 fully saturated rings. The maximum atomic E-state index is 13.1. The van der Waals surface area contributed by atoms with Crippen LogP contribution >= 0.6 is 0 Å². The minimum Gasteiger partial charge on any atom is -0.458 e. The summed E-state index contributed by atoms with van der Waals surface area (Å²) >= 11 is 0. The molecule has 0 aliphatic heterocycles. The van der Waals surface area contributed by atoms with Gasteiger partial charge in [0.1, 0.15) is 6.10 Å². The molecule has 0 N–H and O–H groups in total. The van der Waals surface area contributed by atoms with Crippen LogP contribution in [0.25, 0.3) is 0 Å². The fourth-order valence-electron chi connectivity index (χ4n) is 8.15. The van der Waals surface area contributed by atoms with Crippen LogP contribution < -0.4 is 0 Å². The lowest BCUT2D eigenvalue weighted by Crippen LogP contribution is -2.65. The van der Waals surface area contributed by atoms with Crippen molar-refractivity contribution < 1.29 is 19.4 Å². The largest absolute Gasteiger partial charge is 0.458 e. The van der Waals surface area contributed by atoms with Crippen molar-refractivity contribution >= 4 is 17.3 Å². The molecule has 0 bridgehead atoms. The molecule has 182 valence electrons. The summed E-state index contributed by atoms with van der Waals surface area (Å²) < 4.78 is 5.91. The minimum absolute atomic E-state index is 0.0689. The molecule has 3 saturated carbocycles. The topological polar surface area (TPSA) is 113 Å². The van der Waals surface area contributed by atoms with E-state index in [1.165, 1.54) is 11.1 Å². The zero-order valence-corrected chi connectivity index (χ0v) is 19.8. The number of nitro groups is 2. The average molecular weight is 485 g/mol. The fourth-order valence-corrected chi connectivity index (χ4v) is 8.15. The van der Waals surface area contributed by atoms with Gasteiger partial charge < -0.3 is 4.74 Å². The SMILES string of the molecule is CC1(C)[C@]2(c3ccccc3)[C@@H]3C[C@H](OC(=O)c4cc([N+](=O)[O-])cc([N+](=O)[O-])c4)[C@@H]3[C@]12c1ccccc1. The first-order valence-electron chi connectivity index (χ1n) is 11.9. The standard InChI is InChI=1S/C28H24N2O6/c1-26(2)27(18-9-5-3-6-10-18)22-16-23(24(22)28(26,27)19-11-7-4-8-12-19)36-25(31)17-13-20(29(32)33)15-21(14-17)30(34)35/h3-15,22-24H,16H2,1-2H3/t22-,23+,24-,27+,28-/m1/s1. The van der Waals surface area contributed by atoms with Gasteiger partial charge in [0.25, 0.3) is 11.4 Å². The van der Waals surface area contributed by atoms with Gasteiger partial charge in [-0.2, -0.15) is 0 Å². The van der Waals surface area contributed by atoms with E-state index in [4.69, 9.17) is 4.74 Å². The number of rotatable bonds is 6. The van der Waals surface area contributed by atoms with Gasteiger partial charge >= 0.3 is 5.97 Å². The summed E-state index contributed by atoms with van der Waals surface area (Å²) in [4.78, 5) is 34.1. The van der Waals surface area contributed by atoms with E-state index in [-0.39, 0.29) is 33.8 Å². The Balaban J connectivity index is 1.36. The van der Waals surface area contributed by atoms with Crippen molar-refractivity contribution in [3.05, 3.63) is 116 Å². The quantitative estimate of drug-likeness (QED) is 0.256. The van der Waals surface area contributed by atoms with Crippen LogP contribution in [0.3, 0.4) is 0 Å². The number of nitro benzene ring substituents is 2. The number of esters is 1. The Hall–Kier alpha value is -4.07. The molecule has 0 heterocycles. The lowest BCUT2D eigenvalue weighted by atomic mass is 9.43. The summed E-state index contributed by atoms with van der Waals surface area (Å²) in [6.45, 7) is 4.57. The second-order valence-corrected chi connectivity index (χ2v) is 10.5. The van der Waals surface area contributed by atoms with E-state index in [2.05, 4.69) is 50.2 Å². The van der Waals surface area contributed by atoms with Gasteiger partial charge in [0.05, 0.1) is 21.5 Å². The zero-order valence-electron chi connectivity index (χ0n) is 19.8. The monoisotopic (exact) mass is 484 g/mol. The number of fused-ring (bicyclic) bond motifs is 4. The summed E-state index contributed by atoms with van der Waals surface area (Å²) in [6.07, 6.45) is 0.306. The number of non-ortho nitro benzene ring substituents is 2. The van der Waals surface area contributed by atoms with Crippen molar-refractivity contribution in [2.24, 2.45) is 17.3 Å². The first kappa shape index (κ1) is 22.4. The lowest BCUT2D eigenvalue weighted by Gasteiger charge is -2.62. The number of ether oxygens (including phenoxy) is 1. The van der Waals surface area contributed by atoms with E-state index in [1.807, 2.05) is 24.3 Å². The number of hydrogen-bond donors (Lipinski definition) is 0. The summed E-state index contributed by atoms with van der Waals surface area (Å²) in [5, 5.41) is 22.5. The molecule has 0 radical (unpaired) electrons. The predicted octanol–water partition coefficient (Wildman–Crippen LogP) is 5.59. The highest BCUT2D eigenvalue weighted by Crippen LogP contribution is 2.96. The lowest BCUT2D eigenvalue weighted by molar-refractivity contribution is -0.394. The Morgan fingerprint density at radius 1 is 0.833 bits per heavy atom. The molecule has 3 aromatic carbocycles. The van der Waals surface area contributed by atoms with Gasteiger partial charge in [-0.15, -0.1) is 0 Å². The third-order valence-corrected chi connectivity index (χ3v) is 9.18. The second-order valence-electron chi connectivity index (χ2n) is 10.5. The number of carbonyl (C=O) groups excluding carboxylic acids is 1. The van der Waals surface area contributed by atoms with Crippen LogP contribution in [-0.2, 0) is 15.6 Å². The van der Waals surface area contributed by atoms with Gasteiger partial charge in [0, 0.05) is 28.9 Å². The summed E-state index contributed by atoms with van der Waals surface area (Å²) in [5.41, 5.74) is 0.926. The molecular formula is C28H24N2O6. The van der Waals surface area contributed by atoms with E-state index >= 15 is 0 Å². The molecule has 3 aliphatic rings. The van der Waals surface area contributed by atoms with E-state index in [0.717, 1.165) is 18.2 Å². The van der Waals surface area contributed by atoms with Crippen molar-refractivity contribution in [3.63, 3.8) is 0 Å². The molecule has 0 unspecified atom stereocenters. The molecule has 0 amide bonds. The molecular weight excluding hydrogens is 460 g/mol. The normalized spacial score (nSPS) is 30.6. The molecule has 0 saturated heterocycles. The van der Waals surface area contributed by atoms with Crippen LogP contribution in [-0.4, -0.2) is 21.9 Å². The van der Waals surface area contributed by atoms with E-state index < -0.39 is 27.2 Å². The molecule has 3 aromatic rings. The Labute approximate surface area is 207 Å². The van der Waals surface area contributed by atoms with Crippen LogP contribution in [0, 0.1) is 37.5 Å². The van der Waals surface area contributed by atoms with Gasteiger partial charge in [0.15, 0.2) is 0 Å². The molecule has 0 aromatic heterocycles. The number of hydrogen-bond acceptors (Lipinski definition) is 6. The summed E-state index contributed by atoms with van der Waals surface area (Å²) in [7, 11) is 0. The number of carbonyl (C=O) groups is 1. The van der Waals surface area contributed by atoms with Gasteiger partial charge in [-0.1, -0.05) is 74.5 Å². The van der Waals surface area contributed by atoms with Crippen molar-refractivity contribution in [1.82, 2.24) is 0 Å². The van der Waals surface area contributed by atoms with Gasteiger partial charge in [-0.25, -0.2) is 4.79 Å². The molecule has 6 rings (SSSR count). The Morgan fingerprint density at radius 2 is 1.33 bits per heavy atom. The highest BCUT2D eigenvalue weighted by molar-refractivity contribution is 5.91. The Morgan fingerprint density at radius 3 is 1.83 bits per heavy atom. The first-order chi connectivity index (χ1) is 17.2. The van der Waals surface area contributed by atoms with Crippen LogP contribution in [0.15, 0.2) is 78.9 Å². The van der Waals surface area contributed by atoms with Crippen LogP contribution in [0.5, 0.6) is 0 Å². The Bertz CT molecular complexity index is 1390. The second kappa shape index (κ2) is 7.22. The maximum Gasteiger partial charge on any atom is 0.338 e. The molecule has 0 spiro atoms. The van der Waals surface area contributed by atoms with Crippen molar-refractivity contribution in [1.29, 1.82) is 0 Å². The van der Waals surface area contributed by atoms with Crippen LogP contribution in [0.4, 0.5) is 11.4 Å². The smallest absolute Gasteiger partial charge is 0.338 e. The van der Waals surface area contributed by atoms with Gasteiger partial charge in [-0.3, -0.25) is 20.2 Å². The molecule has 5 atom stereocenters. The fraction of sp³-hybridized carbons (Fsp3) is 0.321. The van der Waals surface area contributed by atoms with E-state index in [0.29, 0.717) is 12.3 Å². The first-order valence-corrected chi connectivity index (χ1v) is 11.9. The predicted molar refractivity (Wildman–Crippen MR) is 131 cm³/mol. The molecule has 3 aliphatic carbocycles. The molecule has 36 heavy (non-hydrogen) atoms. The Kier molecular flexibility index (Phi) is 4.49. The zero-order chi connectivity index (χ0) is 25.5. The van der Waals surface area contributed by atoms with Crippen LogP contribution in [0.1, 0.15) is 41.8 Å². The van der Waals surface area contributed by atoms with Gasteiger partial charge in [0.2, 0.25) is 0 Å². The van der Waals surface area contributed by atoms with Crippen molar-refractivity contribution in [2.75, 3.05) is 0 Å². The maximum absolute atomic E-state index is 13.1. The molecule has 8 heteroatoms. The van der Waals surface area contributed by atoms with E-state index in [1.54, 1.807) is 0 Å². The third-order valence-electron chi connectivity index (χ3n) is 9.18. The minimum atomic E-state index is -0.774. The van der Waals surface area contributed by atoms with E-state index in [9.17, 15) is 25.0 Å². The highest BCUT2D eigenvalue weighted by Gasteiger charge is 2.99. The van der Waals surface area contributed by atoms with Gasteiger partial charge in [-0.05, 0) is 28.9 Å². The highest BCUT2D eigenvalue weighted by atomic mass is 16.6.